The van der Waals surface area contributed by atoms with E-state index in [0.717, 1.165) is 11.3 Å². The van der Waals surface area contributed by atoms with Crippen molar-refractivity contribution in [3.63, 3.8) is 0 Å². The Bertz CT molecular complexity index is 594. The maximum atomic E-state index is 5.24. The summed E-state index contributed by atoms with van der Waals surface area (Å²) in [6.07, 6.45) is 0. The minimum Gasteiger partial charge on any atom is -0.369 e. The Balaban J connectivity index is 2.24. The van der Waals surface area contributed by atoms with Crippen molar-refractivity contribution in [3.8, 4) is 11.1 Å². The van der Waals surface area contributed by atoms with Crippen LogP contribution in [0.25, 0.3) is 11.1 Å². The zero-order chi connectivity index (χ0) is 13.7. The molecule has 2 aromatic rings. The molecule has 0 bridgehead atoms. The molecule has 0 fully saturated rings. The van der Waals surface area contributed by atoms with Crippen LogP contribution in [0.2, 0.25) is 0 Å². The quantitative estimate of drug-likeness (QED) is 0.499. The molecule has 0 aromatic heterocycles. The minimum absolute atomic E-state index is 0.0414. The van der Waals surface area contributed by atoms with Gasteiger partial charge < -0.3 is 11.5 Å². The Kier molecular flexibility index (Phi) is 3.93. The summed E-state index contributed by atoms with van der Waals surface area (Å²) in [5.41, 5.74) is 14.6. The van der Waals surface area contributed by atoms with Crippen molar-refractivity contribution in [1.82, 2.24) is 0 Å². The molecule has 0 aliphatic carbocycles. The minimum atomic E-state index is -0.0414. The summed E-state index contributed by atoms with van der Waals surface area (Å²) in [4.78, 5) is 0. The van der Waals surface area contributed by atoms with E-state index in [1.54, 1.807) is 0 Å². The average Bonchev–Trinajstić information content (AvgIpc) is 2.46. The standard InChI is InChI=1S/C15H16N4/c1-11(18-19-15(16)17)12-7-9-14(10-8-12)13-5-3-2-4-6-13/h2-10H,1H3,(H4,16,17,19)/b18-11+. The van der Waals surface area contributed by atoms with E-state index >= 15 is 0 Å². The smallest absolute Gasteiger partial charge is 0.211 e. The van der Waals surface area contributed by atoms with E-state index in [1.165, 1.54) is 11.1 Å². The molecule has 0 saturated carbocycles. The van der Waals surface area contributed by atoms with Crippen LogP contribution in [-0.2, 0) is 0 Å². The van der Waals surface area contributed by atoms with Crippen molar-refractivity contribution in [2.75, 3.05) is 0 Å². The van der Waals surface area contributed by atoms with Gasteiger partial charge in [0, 0.05) is 0 Å². The third-order valence-electron chi connectivity index (χ3n) is 2.73. The van der Waals surface area contributed by atoms with Gasteiger partial charge in [0.15, 0.2) is 0 Å². The second-order valence-corrected chi connectivity index (χ2v) is 4.15. The largest absolute Gasteiger partial charge is 0.369 e. The molecule has 0 spiro atoms. The summed E-state index contributed by atoms with van der Waals surface area (Å²) < 4.78 is 0. The third kappa shape index (κ3) is 3.42. The fraction of sp³-hybridized carbons (Fsp3) is 0.0667. The van der Waals surface area contributed by atoms with Crippen LogP contribution < -0.4 is 11.5 Å². The van der Waals surface area contributed by atoms with E-state index < -0.39 is 0 Å². The third-order valence-corrected chi connectivity index (χ3v) is 2.73. The predicted octanol–water partition coefficient (Wildman–Crippen LogP) is 2.35. The number of hydrogen-bond donors (Lipinski definition) is 2. The molecule has 2 rings (SSSR count). The molecule has 0 heterocycles. The van der Waals surface area contributed by atoms with Gasteiger partial charge in [-0.3, -0.25) is 0 Å². The van der Waals surface area contributed by atoms with Crippen LogP contribution in [0.15, 0.2) is 64.8 Å². The fourth-order valence-corrected chi connectivity index (χ4v) is 1.72. The van der Waals surface area contributed by atoms with Crippen LogP contribution in [0.1, 0.15) is 12.5 Å². The lowest BCUT2D eigenvalue weighted by Gasteiger charge is -2.03. The fourth-order valence-electron chi connectivity index (χ4n) is 1.72. The highest BCUT2D eigenvalue weighted by atomic mass is 15.3. The Morgan fingerprint density at radius 1 is 0.789 bits per heavy atom. The molecule has 0 amide bonds. The first-order valence-electron chi connectivity index (χ1n) is 5.96. The van der Waals surface area contributed by atoms with Gasteiger partial charge in [0.05, 0.1) is 5.71 Å². The second kappa shape index (κ2) is 5.82. The van der Waals surface area contributed by atoms with Gasteiger partial charge in [0.1, 0.15) is 0 Å². The van der Waals surface area contributed by atoms with Crippen molar-refractivity contribution >= 4 is 11.7 Å². The first-order valence-corrected chi connectivity index (χ1v) is 5.96. The number of nitrogens with two attached hydrogens (primary N) is 2. The van der Waals surface area contributed by atoms with E-state index in [0.29, 0.717) is 0 Å². The molecule has 4 nitrogen and oxygen atoms in total. The summed E-state index contributed by atoms with van der Waals surface area (Å²) in [5, 5.41) is 7.59. The molecule has 4 heteroatoms. The summed E-state index contributed by atoms with van der Waals surface area (Å²) in [6, 6.07) is 18.3. The summed E-state index contributed by atoms with van der Waals surface area (Å²) in [7, 11) is 0. The topological polar surface area (TPSA) is 76.8 Å². The Morgan fingerprint density at radius 2 is 1.37 bits per heavy atom. The molecule has 0 aliphatic heterocycles. The Hall–Kier alpha value is -2.62. The van der Waals surface area contributed by atoms with E-state index in [-0.39, 0.29) is 5.96 Å². The molecule has 4 N–H and O–H groups in total. The zero-order valence-electron chi connectivity index (χ0n) is 10.7. The molecular formula is C15H16N4. The van der Waals surface area contributed by atoms with E-state index in [2.05, 4.69) is 34.5 Å². The Morgan fingerprint density at radius 3 is 1.95 bits per heavy atom. The Labute approximate surface area is 112 Å². The number of rotatable bonds is 3. The highest BCUT2D eigenvalue weighted by Crippen LogP contribution is 2.19. The van der Waals surface area contributed by atoms with Crippen LogP contribution in [0.5, 0.6) is 0 Å². The summed E-state index contributed by atoms with van der Waals surface area (Å²) in [6.45, 7) is 1.87. The molecule has 0 aliphatic rings. The van der Waals surface area contributed by atoms with E-state index in [9.17, 15) is 0 Å². The van der Waals surface area contributed by atoms with Crippen LogP contribution in [0, 0.1) is 0 Å². The second-order valence-electron chi connectivity index (χ2n) is 4.15. The molecule has 19 heavy (non-hydrogen) atoms. The molecule has 0 radical (unpaired) electrons. The molecule has 0 atom stereocenters. The number of hydrogen-bond acceptors (Lipinski definition) is 2. The number of guanidine groups is 1. The summed E-state index contributed by atoms with van der Waals surface area (Å²) >= 11 is 0. The number of nitrogens with zero attached hydrogens (tertiary/aromatic N) is 2. The highest BCUT2D eigenvalue weighted by Gasteiger charge is 1.99. The molecule has 96 valence electrons. The molecular weight excluding hydrogens is 236 g/mol. The van der Waals surface area contributed by atoms with Crippen molar-refractivity contribution in [1.29, 1.82) is 0 Å². The van der Waals surface area contributed by atoms with Gasteiger partial charge in [-0.25, -0.2) is 0 Å². The lowest BCUT2D eigenvalue weighted by atomic mass is 10.0. The maximum absolute atomic E-state index is 5.24. The normalized spacial score (nSPS) is 11.1. The van der Waals surface area contributed by atoms with Crippen LogP contribution in [0.3, 0.4) is 0 Å². The highest BCUT2D eigenvalue weighted by molar-refractivity contribution is 5.99. The van der Waals surface area contributed by atoms with Crippen LogP contribution in [0.4, 0.5) is 0 Å². The monoisotopic (exact) mass is 252 g/mol. The van der Waals surface area contributed by atoms with Gasteiger partial charge in [-0.05, 0) is 23.6 Å². The zero-order valence-corrected chi connectivity index (χ0v) is 10.7. The van der Waals surface area contributed by atoms with Gasteiger partial charge in [0.2, 0.25) is 5.96 Å². The lowest BCUT2D eigenvalue weighted by molar-refractivity contribution is 1.20. The van der Waals surface area contributed by atoms with E-state index in [4.69, 9.17) is 11.5 Å². The van der Waals surface area contributed by atoms with Gasteiger partial charge in [0.25, 0.3) is 0 Å². The van der Waals surface area contributed by atoms with Crippen LogP contribution >= 0.6 is 0 Å². The van der Waals surface area contributed by atoms with Crippen molar-refractivity contribution in [3.05, 3.63) is 60.2 Å². The van der Waals surface area contributed by atoms with Gasteiger partial charge >= 0.3 is 0 Å². The van der Waals surface area contributed by atoms with Crippen molar-refractivity contribution in [2.45, 2.75) is 6.92 Å². The van der Waals surface area contributed by atoms with Gasteiger partial charge in [-0.1, -0.05) is 54.6 Å². The maximum Gasteiger partial charge on any atom is 0.211 e. The van der Waals surface area contributed by atoms with Crippen molar-refractivity contribution in [2.24, 2.45) is 21.7 Å². The SMILES string of the molecule is C/C(=N\N=C(N)N)c1ccc(-c2ccccc2)cc1. The first-order chi connectivity index (χ1) is 9.16. The number of benzene rings is 2. The average molecular weight is 252 g/mol. The predicted molar refractivity (Wildman–Crippen MR) is 79.9 cm³/mol. The first kappa shape index (κ1) is 12.8. The van der Waals surface area contributed by atoms with Crippen molar-refractivity contribution < 1.29 is 0 Å². The van der Waals surface area contributed by atoms with Gasteiger partial charge in [-0.2, -0.15) is 5.10 Å². The van der Waals surface area contributed by atoms with Crippen LogP contribution in [-0.4, -0.2) is 11.7 Å². The molecule has 0 saturated heterocycles. The summed E-state index contributed by atoms with van der Waals surface area (Å²) in [5.74, 6) is -0.0414. The lowest BCUT2D eigenvalue weighted by Crippen LogP contribution is -2.22. The molecule has 2 aromatic carbocycles. The van der Waals surface area contributed by atoms with E-state index in [1.807, 2.05) is 37.3 Å². The molecule has 0 unspecified atom stereocenters. The van der Waals surface area contributed by atoms with Gasteiger partial charge in [-0.15, -0.1) is 5.10 Å².